The van der Waals surface area contributed by atoms with Gasteiger partial charge < -0.3 is 9.88 Å². The minimum absolute atomic E-state index is 0.210. The molecule has 3 rings (SSSR count). The number of thioether (sulfide) groups is 1. The summed E-state index contributed by atoms with van der Waals surface area (Å²) in [5.74, 6) is 0.529. The molecule has 140 valence electrons. The van der Waals surface area contributed by atoms with Crippen molar-refractivity contribution in [1.29, 1.82) is 0 Å². The lowest BCUT2D eigenvalue weighted by Gasteiger charge is -2.07. The molecule has 3 aromatic rings. The third-order valence-electron chi connectivity index (χ3n) is 3.81. The normalized spacial score (nSPS) is 10.8. The van der Waals surface area contributed by atoms with E-state index < -0.39 is 0 Å². The van der Waals surface area contributed by atoms with Gasteiger partial charge in [-0.3, -0.25) is 4.79 Å². The van der Waals surface area contributed by atoms with Crippen LogP contribution in [0.2, 0.25) is 10.0 Å². The van der Waals surface area contributed by atoms with Gasteiger partial charge in [-0.1, -0.05) is 41.0 Å². The van der Waals surface area contributed by atoms with E-state index in [9.17, 15) is 9.18 Å². The number of aromatic nitrogens is 3. The average Bonchev–Trinajstić information content (AvgIpc) is 2.99. The molecule has 0 saturated heterocycles. The van der Waals surface area contributed by atoms with Crippen molar-refractivity contribution < 1.29 is 9.18 Å². The second-order valence-corrected chi connectivity index (χ2v) is 7.46. The van der Waals surface area contributed by atoms with Crippen molar-refractivity contribution in [3.63, 3.8) is 0 Å². The number of nitrogens with one attached hydrogen (secondary N) is 1. The van der Waals surface area contributed by atoms with Crippen molar-refractivity contribution in [1.82, 2.24) is 20.1 Å². The fourth-order valence-corrected chi connectivity index (χ4v) is 3.76. The molecule has 0 aliphatic heterocycles. The molecular formula is C18H15Cl2FN4OS. The molecule has 2 aromatic carbocycles. The van der Waals surface area contributed by atoms with E-state index in [2.05, 4.69) is 15.5 Å². The second-order valence-electron chi connectivity index (χ2n) is 5.67. The zero-order valence-corrected chi connectivity index (χ0v) is 16.6. The Morgan fingerprint density at radius 2 is 1.93 bits per heavy atom. The molecule has 0 aliphatic rings. The molecule has 0 bridgehead atoms. The van der Waals surface area contributed by atoms with Crippen LogP contribution in [0.25, 0.3) is 0 Å². The fraction of sp³-hybridized carbons (Fsp3) is 0.167. The number of rotatable bonds is 6. The number of amides is 1. The maximum atomic E-state index is 12.9. The molecule has 0 saturated carbocycles. The number of nitrogens with zero attached hydrogens (tertiary/aromatic N) is 3. The summed E-state index contributed by atoms with van der Waals surface area (Å²) in [4.78, 5) is 12.1. The van der Waals surface area contributed by atoms with Gasteiger partial charge in [0.15, 0.2) is 11.0 Å². The highest BCUT2D eigenvalue weighted by Gasteiger charge is 2.12. The summed E-state index contributed by atoms with van der Waals surface area (Å²) < 4.78 is 14.7. The summed E-state index contributed by atoms with van der Waals surface area (Å²) in [6.45, 7) is 0.210. The monoisotopic (exact) mass is 424 g/mol. The summed E-state index contributed by atoms with van der Waals surface area (Å²) in [6.07, 6.45) is 0. The van der Waals surface area contributed by atoms with E-state index in [1.165, 1.54) is 36.0 Å². The minimum atomic E-state index is -0.387. The van der Waals surface area contributed by atoms with Crippen LogP contribution in [0.4, 0.5) is 4.39 Å². The maximum absolute atomic E-state index is 12.9. The van der Waals surface area contributed by atoms with Gasteiger partial charge in [0.1, 0.15) is 5.82 Å². The van der Waals surface area contributed by atoms with Gasteiger partial charge in [-0.05, 0) is 42.0 Å². The Hall–Kier alpha value is -2.09. The summed E-state index contributed by atoms with van der Waals surface area (Å²) in [5.41, 5.74) is 1.32. The number of carbonyl (C=O) groups is 1. The molecule has 0 spiro atoms. The Morgan fingerprint density at radius 3 is 2.63 bits per heavy atom. The van der Waals surface area contributed by atoms with E-state index in [-0.39, 0.29) is 18.3 Å². The lowest BCUT2D eigenvalue weighted by Crippen LogP contribution is -2.24. The van der Waals surface area contributed by atoms with Crippen molar-refractivity contribution in [2.24, 2.45) is 7.05 Å². The Balaban J connectivity index is 1.59. The topological polar surface area (TPSA) is 59.8 Å². The van der Waals surface area contributed by atoms with Gasteiger partial charge in [-0.15, -0.1) is 10.2 Å². The highest BCUT2D eigenvalue weighted by Crippen LogP contribution is 2.27. The fourth-order valence-electron chi connectivity index (χ4n) is 2.27. The van der Waals surface area contributed by atoms with E-state index in [0.717, 1.165) is 5.56 Å². The lowest BCUT2D eigenvalue weighted by atomic mass is 10.2. The van der Waals surface area contributed by atoms with Gasteiger partial charge in [-0.2, -0.15) is 0 Å². The van der Waals surface area contributed by atoms with E-state index >= 15 is 0 Å². The first kappa shape index (κ1) is 19.7. The first-order valence-electron chi connectivity index (χ1n) is 7.93. The molecule has 0 atom stereocenters. The van der Waals surface area contributed by atoms with Crippen molar-refractivity contribution in [2.45, 2.75) is 17.5 Å². The molecule has 1 amide bonds. The maximum Gasteiger partial charge on any atom is 0.251 e. The highest BCUT2D eigenvalue weighted by atomic mass is 35.5. The first-order valence-corrected chi connectivity index (χ1v) is 9.67. The molecule has 0 radical (unpaired) electrons. The zero-order chi connectivity index (χ0) is 19.4. The zero-order valence-electron chi connectivity index (χ0n) is 14.2. The minimum Gasteiger partial charge on any atom is -0.345 e. The van der Waals surface area contributed by atoms with Gasteiger partial charge >= 0.3 is 0 Å². The Bertz CT molecular complexity index is 962. The average molecular weight is 425 g/mol. The Morgan fingerprint density at radius 1 is 1.19 bits per heavy atom. The van der Waals surface area contributed by atoms with Gasteiger partial charge in [0, 0.05) is 28.4 Å². The van der Waals surface area contributed by atoms with E-state index in [0.29, 0.717) is 32.3 Å². The van der Waals surface area contributed by atoms with Crippen LogP contribution in [-0.2, 0) is 19.3 Å². The first-order chi connectivity index (χ1) is 12.9. The smallest absolute Gasteiger partial charge is 0.251 e. The molecule has 1 heterocycles. The lowest BCUT2D eigenvalue weighted by molar-refractivity contribution is 0.0949. The van der Waals surface area contributed by atoms with Gasteiger partial charge in [0.05, 0.1) is 6.54 Å². The second kappa shape index (κ2) is 8.73. The van der Waals surface area contributed by atoms with E-state index in [1.807, 2.05) is 13.1 Å². The predicted octanol–water partition coefficient (Wildman–Crippen LogP) is 4.48. The summed E-state index contributed by atoms with van der Waals surface area (Å²) in [7, 11) is 1.82. The third-order valence-corrected chi connectivity index (χ3v) is 5.47. The predicted molar refractivity (Wildman–Crippen MR) is 105 cm³/mol. The molecule has 0 fully saturated rings. The molecular weight excluding hydrogens is 410 g/mol. The van der Waals surface area contributed by atoms with Crippen molar-refractivity contribution >= 4 is 40.9 Å². The molecule has 0 aliphatic carbocycles. The van der Waals surface area contributed by atoms with Crippen LogP contribution in [0, 0.1) is 5.82 Å². The Labute approximate surface area is 169 Å². The van der Waals surface area contributed by atoms with Crippen LogP contribution in [0.3, 0.4) is 0 Å². The quantitative estimate of drug-likeness (QED) is 0.592. The van der Waals surface area contributed by atoms with Crippen LogP contribution < -0.4 is 5.32 Å². The molecule has 27 heavy (non-hydrogen) atoms. The number of benzene rings is 2. The van der Waals surface area contributed by atoms with E-state index in [1.54, 1.807) is 16.7 Å². The number of halogens is 3. The number of carbonyl (C=O) groups excluding carboxylic acids is 1. The summed E-state index contributed by atoms with van der Waals surface area (Å²) in [6, 6.07) is 10.7. The molecule has 9 heteroatoms. The van der Waals surface area contributed by atoms with Crippen molar-refractivity contribution in [3.8, 4) is 0 Å². The van der Waals surface area contributed by atoms with Crippen LogP contribution in [0.5, 0.6) is 0 Å². The summed E-state index contributed by atoms with van der Waals surface area (Å²) in [5, 5.41) is 12.9. The largest absolute Gasteiger partial charge is 0.345 e. The molecule has 1 aromatic heterocycles. The number of hydrogen-bond donors (Lipinski definition) is 1. The number of hydrogen-bond acceptors (Lipinski definition) is 4. The third kappa shape index (κ3) is 5.00. The Kier molecular flexibility index (Phi) is 6.36. The molecule has 0 unspecified atom stereocenters. The van der Waals surface area contributed by atoms with Crippen molar-refractivity contribution in [2.75, 3.05) is 0 Å². The summed E-state index contributed by atoms with van der Waals surface area (Å²) >= 11 is 13.6. The van der Waals surface area contributed by atoms with Crippen molar-refractivity contribution in [3.05, 3.63) is 75.3 Å². The SMILES string of the molecule is Cn1c(CNC(=O)c2ccc(F)cc2)nnc1SCc1ccc(Cl)cc1Cl. The highest BCUT2D eigenvalue weighted by molar-refractivity contribution is 7.98. The van der Waals surface area contributed by atoms with Crippen LogP contribution in [0.15, 0.2) is 47.6 Å². The van der Waals surface area contributed by atoms with Crippen LogP contribution in [-0.4, -0.2) is 20.7 Å². The van der Waals surface area contributed by atoms with Gasteiger partial charge in [0.2, 0.25) is 0 Å². The van der Waals surface area contributed by atoms with E-state index in [4.69, 9.17) is 23.2 Å². The molecule has 5 nitrogen and oxygen atoms in total. The standard InChI is InChI=1S/C18H15Cl2FN4OS/c1-25-16(9-22-17(26)11-3-6-14(21)7-4-11)23-24-18(25)27-10-12-2-5-13(19)8-15(12)20/h2-8H,9-10H2,1H3,(H,22,26). The van der Waals surface area contributed by atoms with Gasteiger partial charge in [0.25, 0.3) is 5.91 Å². The van der Waals surface area contributed by atoms with Crippen LogP contribution in [0.1, 0.15) is 21.7 Å². The van der Waals surface area contributed by atoms with Gasteiger partial charge in [-0.25, -0.2) is 4.39 Å². The van der Waals surface area contributed by atoms with Crippen LogP contribution >= 0.6 is 35.0 Å². The molecule has 1 N–H and O–H groups in total.